The van der Waals surface area contributed by atoms with E-state index in [2.05, 4.69) is 24.1 Å². The summed E-state index contributed by atoms with van der Waals surface area (Å²) in [6.07, 6.45) is 4.45. The van der Waals surface area contributed by atoms with Gasteiger partial charge in [0, 0.05) is 19.1 Å². The van der Waals surface area contributed by atoms with E-state index < -0.39 is 0 Å². The summed E-state index contributed by atoms with van der Waals surface area (Å²) in [5.74, 6) is 0. The van der Waals surface area contributed by atoms with Crippen molar-refractivity contribution in [1.29, 1.82) is 0 Å². The monoisotopic (exact) mass is 214 g/mol. The van der Waals surface area contributed by atoms with Crippen LogP contribution in [-0.2, 0) is 0 Å². The Kier molecular flexibility index (Phi) is 6.22. The van der Waals surface area contributed by atoms with Gasteiger partial charge < -0.3 is 15.3 Å². The molecule has 3 nitrogen and oxygen atoms in total. The summed E-state index contributed by atoms with van der Waals surface area (Å²) in [6.45, 7) is 8.72. The molecule has 0 aliphatic heterocycles. The number of nitrogens with one attached hydrogen (secondary N) is 1. The Hall–Kier alpha value is -0.120. The molecule has 0 spiro atoms. The summed E-state index contributed by atoms with van der Waals surface area (Å²) in [4.78, 5) is 2.40. The Morgan fingerprint density at radius 1 is 1.20 bits per heavy atom. The lowest BCUT2D eigenvalue weighted by atomic mass is 9.93. The van der Waals surface area contributed by atoms with Crippen molar-refractivity contribution < 1.29 is 5.11 Å². The van der Waals surface area contributed by atoms with Crippen LogP contribution in [0.1, 0.15) is 39.5 Å². The summed E-state index contributed by atoms with van der Waals surface area (Å²) >= 11 is 0. The maximum atomic E-state index is 9.77. The Morgan fingerprint density at radius 2 is 1.87 bits per heavy atom. The van der Waals surface area contributed by atoms with Gasteiger partial charge in [-0.2, -0.15) is 0 Å². The standard InChI is InChI=1S/C12H26N2O/c1-3-14(4-2)10-9-13-11-7-5-6-8-12(11)15/h11-13,15H,3-10H2,1-2H3/t11-,12-/m0/s1. The number of hydrogen-bond acceptors (Lipinski definition) is 3. The molecule has 0 heterocycles. The lowest BCUT2D eigenvalue weighted by molar-refractivity contribution is 0.0895. The van der Waals surface area contributed by atoms with Crippen molar-refractivity contribution in [2.45, 2.75) is 51.7 Å². The lowest BCUT2D eigenvalue weighted by Gasteiger charge is -2.29. The molecule has 1 saturated carbocycles. The highest BCUT2D eigenvalue weighted by molar-refractivity contribution is 4.80. The molecule has 3 heteroatoms. The minimum atomic E-state index is -0.115. The van der Waals surface area contributed by atoms with Crippen molar-refractivity contribution in [2.24, 2.45) is 0 Å². The van der Waals surface area contributed by atoms with Crippen LogP contribution in [0, 0.1) is 0 Å². The van der Waals surface area contributed by atoms with Crippen molar-refractivity contribution in [3.05, 3.63) is 0 Å². The van der Waals surface area contributed by atoms with Gasteiger partial charge in [0.05, 0.1) is 6.10 Å². The molecular weight excluding hydrogens is 188 g/mol. The Morgan fingerprint density at radius 3 is 2.47 bits per heavy atom. The van der Waals surface area contributed by atoms with Gasteiger partial charge in [0.1, 0.15) is 0 Å². The Balaban J connectivity index is 2.12. The molecule has 2 N–H and O–H groups in total. The molecule has 0 unspecified atom stereocenters. The van der Waals surface area contributed by atoms with Gasteiger partial charge in [0.15, 0.2) is 0 Å². The third-order valence-electron chi connectivity index (χ3n) is 3.46. The first kappa shape index (κ1) is 12.9. The van der Waals surface area contributed by atoms with Crippen LogP contribution in [0.4, 0.5) is 0 Å². The van der Waals surface area contributed by atoms with Crippen molar-refractivity contribution >= 4 is 0 Å². The fraction of sp³-hybridized carbons (Fsp3) is 1.00. The highest BCUT2D eigenvalue weighted by atomic mass is 16.3. The highest BCUT2D eigenvalue weighted by Gasteiger charge is 2.21. The first-order valence-electron chi connectivity index (χ1n) is 6.41. The number of hydrogen-bond donors (Lipinski definition) is 2. The molecule has 0 radical (unpaired) electrons. The van der Waals surface area contributed by atoms with Gasteiger partial charge in [-0.25, -0.2) is 0 Å². The zero-order valence-corrected chi connectivity index (χ0v) is 10.2. The van der Waals surface area contributed by atoms with Crippen molar-refractivity contribution in [1.82, 2.24) is 10.2 Å². The van der Waals surface area contributed by atoms with Crippen LogP contribution < -0.4 is 5.32 Å². The molecule has 0 aromatic heterocycles. The normalized spacial score (nSPS) is 27.2. The van der Waals surface area contributed by atoms with E-state index in [9.17, 15) is 5.11 Å². The van der Waals surface area contributed by atoms with E-state index >= 15 is 0 Å². The average Bonchev–Trinajstić information content (AvgIpc) is 2.27. The van der Waals surface area contributed by atoms with E-state index in [1.54, 1.807) is 0 Å². The molecule has 1 aliphatic rings. The van der Waals surface area contributed by atoms with E-state index in [0.29, 0.717) is 6.04 Å². The molecule has 1 rings (SSSR count). The van der Waals surface area contributed by atoms with Gasteiger partial charge in [-0.15, -0.1) is 0 Å². The smallest absolute Gasteiger partial charge is 0.0693 e. The minimum Gasteiger partial charge on any atom is -0.392 e. The van der Waals surface area contributed by atoms with E-state index in [4.69, 9.17) is 0 Å². The second kappa shape index (κ2) is 7.20. The molecule has 15 heavy (non-hydrogen) atoms. The number of likely N-dealkylation sites (N-methyl/N-ethyl adjacent to an activating group) is 1. The third-order valence-corrected chi connectivity index (χ3v) is 3.46. The SMILES string of the molecule is CCN(CC)CCN[C@H]1CCCC[C@@H]1O. The largest absolute Gasteiger partial charge is 0.392 e. The second-order valence-electron chi connectivity index (χ2n) is 4.44. The molecule has 0 amide bonds. The molecule has 2 atom stereocenters. The fourth-order valence-electron chi connectivity index (χ4n) is 2.30. The predicted molar refractivity (Wildman–Crippen MR) is 64.1 cm³/mol. The average molecular weight is 214 g/mol. The van der Waals surface area contributed by atoms with Crippen LogP contribution >= 0.6 is 0 Å². The summed E-state index contributed by atoms with van der Waals surface area (Å²) < 4.78 is 0. The van der Waals surface area contributed by atoms with Crippen LogP contribution in [0.15, 0.2) is 0 Å². The second-order valence-corrected chi connectivity index (χ2v) is 4.44. The van der Waals surface area contributed by atoms with Crippen molar-refractivity contribution in [3.8, 4) is 0 Å². The van der Waals surface area contributed by atoms with Crippen LogP contribution in [0.25, 0.3) is 0 Å². The zero-order chi connectivity index (χ0) is 11.1. The number of nitrogens with zero attached hydrogens (tertiary/aromatic N) is 1. The van der Waals surface area contributed by atoms with E-state index in [-0.39, 0.29) is 6.10 Å². The van der Waals surface area contributed by atoms with Gasteiger partial charge in [-0.05, 0) is 25.9 Å². The zero-order valence-electron chi connectivity index (χ0n) is 10.2. The van der Waals surface area contributed by atoms with Crippen LogP contribution in [-0.4, -0.2) is 48.3 Å². The van der Waals surface area contributed by atoms with E-state index in [1.807, 2.05) is 0 Å². The fourth-order valence-corrected chi connectivity index (χ4v) is 2.30. The lowest BCUT2D eigenvalue weighted by Crippen LogP contribution is -2.45. The number of aliphatic hydroxyl groups is 1. The van der Waals surface area contributed by atoms with Gasteiger partial charge in [0.25, 0.3) is 0 Å². The van der Waals surface area contributed by atoms with Crippen molar-refractivity contribution in [3.63, 3.8) is 0 Å². The maximum absolute atomic E-state index is 9.77. The van der Waals surface area contributed by atoms with Crippen LogP contribution in [0.5, 0.6) is 0 Å². The molecule has 0 aromatic rings. The molecule has 90 valence electrons. The molecule has 1 aliphatic carbocycles. The molecule has 0 aromatic carbocycles. The van der Waals surface area contributed by atoms with Gasteiger partial charge in [-0.1, -0.05) is 26.7 Å². The molecular formula is C12H26N2O. The van der Waals surface area contributed by atoms with Crippen LogP contribution in [0.3, 0.4) is 0 Å². The topological polar surface area (TPSA) is 35.5 Å². The summed E-state index contributed by atoms with van der Waals surface area (Å²) in [5.41, 5.74) is 0. The quantitative estimate of drug-likeness (QED) is 0.698. The molecule has 0 bridgehead atoms. The van der Waals surface area contributed by atoms with Gasteiger partial charge >= 0.3 is 0 Å². The summed E-state index contributed by atoms with van der Waals surface area (Å²) in [6, 6.07) is 0.342. The summed E-state index contributed by atoms with van der Waals surface area (Å²) in [5, 5.41) is 13.3. The van der Waals surface area contributed by atoms with E-state index in [0.717, 1.165) is 39.0 Å². The molecule has 0 saturated heterocycles. The van der Waals surface area contributed by atoms with Crippen LogP contribution in [0.2, 0.25) is 0 Å². The first-order chi connectivity index (χ1) is 7.27. The van der Waals surface area contributed by atoms with Gasteiger partial charge in [0.2, 0.25) is 0 Å². The highest BCUT2D eigenvalue weighted by Crippen LogP contribution is 2.17. The number of aliphatic hydroxyl groups excluding tert-OH is 1. The first-order valence-corrected chi connectivity index (χ1v) is 6.41. The minimum absolute atomic E-state index is 0.115. The van der Waals surface area contributed by atoms with Crippen molar-refractivity contribution in [2.75, 3.05) is 26.2 Å². The van der Waals surface area contributed by atoms with E-state index in [1.165, 1.54) is 12.8 Å². The third kappa shape index (κ3) is 4.49. The Labute approximate surface area is 93.9 Å². The number of rotatable bonds is 6. The maximum Gasteiger partial charge on any atom is 0.0693 e. The predicted octanol–water partition coefficient (Wildman–Crippen LogP) is 1.22. The van der Waals surface area contributed by atoms with Gasteiger partial charge in [-0.3, -0.25) is 0 Å². The summed E-state index contributed by atoms with van der Waals surface area (Å²) in [7, 11) is 0. The molecule has 1 fully saturated rings. The Bertz CT molecular complexity index is 160.